The fourth-order valence-electron chi connectivity index (χ4n) is 0.798. The lowest BCUT2D eigenvalue weighted by atomic mass is 10.1. The van der Waals surface area contributed by atoms with E-state index in [-0.39, 0.29) is 18.3 Å². The Morgan fingerprint density at radius 2 is 2.08 bits per heavy atom. The molecule has 0 aliphatic carbocycles. The molecular weight excluding hydrogens is 241 g/mol. The van der Waals surface area contributed by atoms with Crippen LogP contribution >= 0.6 is 28.3 Å². The first kappa shape index (κ1) is 11.5. The van der Waals surface area contributed by atoms with Gasteiger partial charge in [-0.05, 0) is 30.7 Å². The van der Waals surface area contributed by atoms with Crippen molar-refractivity contribution in [3.05, 3.63) is 33.8 Å². The van der Waals surface area contributed by atoms with E-state index >= 15 is 0 Å². The molecule has 66 valence electrons. The smallest absolute Gasteiger partial charge is 0.248 e. The van der Waals surface area contributed by atoms with Gasteiger partial charge in [0, 0.05) is 10.0 Å². The normalized spacial score (nSPS) is 8.83. The highest BCUT2D eigenvalue weighted by Crippen LogP contribution is 2.16. The van der Waals surface area contributed by atoms with Crippen molar-refractivity contribution in [3.8, 4) is 0 Å². The van der Waals surface area contributed by atoms with Crippen molar-refractivity contribution in [3.63, 3.8) is 0 Å². The quantitative estimate of drug-likeness (QED) is 0.816. The average molecular weight is 251 g/mol. The summed E-state index contributed by atoms with van der Waals surface area (Å²) in [6.45, 7) is 1.91. The summed E-state index contributed by atoms with van der Waals surface area (Å²) in [5.74, 6) is -0.388. The minimum absolute atomic E-state index is 0. The number of hydrogen-bond donors (Lipinski definition) is 1. The van der Waals surface area contributed by atoms with Gasteiger partial charge in [-0.15, -0.1) is 12.4 Å². The number of amides is 1. The van der Waals surface area contributed by atoms with Crippen LogP contribution < -0.4 is 5.73 Å². The lowest BCUT2D eigenvalue weighted by Gasteiger charge is -1.99. The van der Waals surface area contributed by atoms with Crippen molar-refractivity contribution in [1.29, 1.82) is 0 Å². The average Bonchev–Trinajstić information content (AvgIpc) is 1.94. The second kappa shape index (κ2) is 4.48. The van der Waals surface area contributed by atoms with E-state index < -0.39 is 0 Å². The van der Waals surface area contributed by atoms with Crippen LogP contribution in [0.2, 0.25) is 0 Å². The Balaban J connectivity index is 0.00000121. The maximum absolute atomic E-state index is 10.7. The number of halogens is 2. The molecule has 0 aliphatic rings. The molecule has 0 aromatic heterocycles. The lowest BCUT2D eigenvalue weighted by Crippen LogP contribution is -2.10. The van der Waals surface area contributed by atoms with Gasteiger partial charge in [-0.1, -0.05) is 15.9 Å². The van der Waals surface area contributed by atoms with E-state index in [9.17, 15) is 4.79 Å². The van der Waals surface area contributed by atoms with E-state index in [0.29, 0.717) is 5.56 Å². The lowest BCUT2D eigenvalue weighted by molar-refractivity contribution is 0.1000. The van der Waals surface area contributed by atoms with Gasteiger partial charge in [-0.3, -0.25) is 4.79 Å². The molecule has 0 fully saturated rings. The minimum Gasteiger partial charge on any atom is -0.366 e. The Labute approximate surface area is 85.7 Å². The molecule has 0 bridgehead atoms. The first-order valence-electron chi connectivity index (χ1n) is 3.17. The molecule has 0 aliphatic heterocycles. The number of aryl methyl sites for hydroxylation is 1. The van der Waals surface area contributed by atoms with Crippen LogP contribution in [0.25, 0.3) is 0 Å². The van der Waals surface area contributed by atoms with Gasteiger partial charge in [-0.2, -0.15) is 0 Å². The highest BCUT2D eigenvalue weighted by molar-refractivity contribution is 9.10. The topological polar surface area (TPSA) is 43.1 Å². The molecule has 1 rings (SSSR count). The highest BCUT2D eigenvalue weighted by Gasteiger charge is 2.00. The van der Waals surface area contributed by atoms with E-state index in [1.807, 2.05) is 13.0 Å². The van der Waals surface area contributed by atoms with E-state index in [1.165, 1.54) is 0 Å². The molecule has 0 saturated heterocycles. The summed E-state index contributed by atoms with van der Waals surface area (Å²) in [7, 11) is 0. The molecule has 12 heavy (non-hydrogen) atoms. The van der Waals surface area contributed by atoms with Crippen LogP contribution in [-0.4, -0.2) is 5.91 Å². The van der Waals surface area contributed by atoms with Gasteiger partial charge in [0.1, 0.15) is 0 Å². The Bertz CT molecular complexity index is 301. The minimum atomic E-state index is -0.388. The third-order valence-corrected chi connectivity index (χ3v) is 2.33. The summed E-state index contributed by atoms with van der Waals surface area (Å²) in [6.07, 6.45) is 0. The third kappa shape index (κ3) is 2.50. The summed E-state index contributed by atoms with van der Waals surface area (Å²) < 4.78 is 0.988. The third-order valence-electron chi connectivity index (χ3n) is 1.44. The second-order valence-electron chi connectivity index (χ2n) is 2.33. The van der Waals surface area contributed by atoms with Crippen LogP contribution in [0.5, 0.6) is 0 Å². The van der Waals surface area contributed by atoms with E-state index in [0.717, 1.165) is 10.0 Å². The van der Waals surface area contributed by atoms with Gasteiger partial charge < -0.3 is 5.73 Å². The van der Waals surface area contributed by atoms with Crippen LogP contribution in [0.4, 0.5) is 0 Å². The Hall–Kier alpha value is -0.540. The van der Waals surface area contributed by atoms with Crippen molar-refractivity contribution in [1.82, 2.24) is 0 Å². The highest BCUT2D eigenvalue weighted by atomic mass is 79.9. The van der Waals surface area contributed by atoms with Crippen molar-refractivity contribution in [2.75, 3.05) is 0 Å². The maximum atomic E-state index is 10.7. The van der Waals surface area contributed by atoms with Crippen LogP contribution in [0.1, 0.15) is 15.9 Å². The van der Waals surface area contributed by atoms with Crippen molar-refractivity contribution >= 4 is 34.2 Å². The van der Waals surface area contributed by atoms with Crippen molar-refractivity contribution in [2.24, 2.45) is 5.73 Å². The molecule has 0 radical (unpaired) electrons. The number of carbonyl (C=O) groups excluding carboxylic acids is 1. The first-order chi connectivity index (χ1) is 5.11. The molecule has 1 aromatic rings. The fraction of sp³-hybridized carbons (Fsp3) is 0.125. The molecular formula is C8H9BrClNO. The summed E-state index contributed by atoms with van der Waals surface area (Å²) >= 11 is 3.33. The number of primary amides is 1. The maximum Gasteiger partial charge on any atom is 0.248 e. The molecule has 0 spiro atoms. The number of nitrogens with two attached hydrogens (primary N) is 1. The van der Waals surface area contributed by atoms with E-state index in [2.05, 4.69) is 15.9 Å². The first-order valence-corrected chi connectivity index (χ1v) is 3.96. The molecule has 0 unspecified atom stereocenters. The Kier molecular flexibility index (Phi) is 4.28. The molecule has 1 amide bonds. The number of carbonyl (C=O) groups is 1. The van der Waals surface area contributed by atoms with Gasteiger partial charge in [0.05, 0.1) is 0 Å². The second-order valence-corrected chi connectivity index (χ2v) is 3.18. The summed E-state index contributed by atoms with van der Waals surface area (Å²) in [6, 6.07) is 5.27. The molecule has 0 atom stereocenters. The Morgan fingerprint density at radius 3 is 2.50 bits per heavy atom. The Morgan fingerprint density at radius 1 is 1.50 bits per heavy atom. The zero-order valence-corrected chi connectivity index (χ0v) is 8.91. The number of benzene rings is 1. The molecule has 2 N–H and O–H groups in total. The zero-order chi connectivity index (χ0) is 8.43. The molecule has 4 heteroatoms. The van der Waals surface area contributed by atoms with Gasteiger partial charge in [0.2, 0.25) is 5.91 Å². The molecule has 0 saturated carbocycles. The van der Waals surface area contributed by atoms with Gasteiger partial charge in [0.15, 0.2) is 0 Å². The monoisotopic (exact) mass is 249 g/mol. The summed E-state index contributed by atoms with van der Waals surface area (Å²) in [4.78, 5) is 10.7. The number of rotatable bonds is 1. The predicted molar refractivity (Wildman–Crippen MR) is 54.6 cm³/mol. The molecule has 2 nitrogen and oxygen atoms in total. The van der Waals surface area contributed by atoms with Crippen molar-refractivity contribution < 1.29 is 4.79 Å². The van der Waals surface area contributed by atoms with Crippen molar-refractivity contribution in [2.45, 2.75) is 6.92 Å². The van der Waals surface area contributed by atoms with Crippen LogP contribution in [0, 0.1) is 6.92 Å². The van der Waals surface area contributed by atoms with E-state index in [4.69, 9.17) is 5.73 Å². The van der Waals surface area contributed by atoms with E-state index in [1.54, 1.807) is 12.1 Å². The summed E-state index contributed by atoms with van der Waals surface area (Å²) in [5.41, 5.74) is 6.64. The van der Waals surface area contributed by atoms with Gasteiger partial charge in [0.25, 0.3) is 0 Å². The molecule has 0 heterocycles. The largest absolute Gasteiger partial charge is 0.366 e. The van der Waals surface area contributed by atoms with Gasteiger partial charge >= 0.3 is 0 Å². The fourth-order valence-corrected chi connectivity index (χ4v) is 1.04. The van der Waals surface area contributed by atoms with Crippen LogP contribution in [0.3, 0.4) is 0 Å². The van der Waals surface area contributed by atoms with Crippen LogP contribution in [0.15, 0.2) is 22.7 Å². The predicted octanol–water partition coefficient (Wildman–Crippen LogP) is 2.28. The molecule has 1 aromatic carbocycles. The van der Waals surface area contributed by atoms with Crippen LogP contribution in [-0.2, 0) is 0 Å². The summed E-state index contributed by atoms with van der Waals surface area (Å²) in [5, 5.41) is 0. The zero-order valence-electron chi connectivity index (χ0n) is 6.50. The number of hydrogen-bond acceptors (Lipinski definition) is 1. The standard InChI is InChI=1S/C8H8BrNO.ClH/c1-5-4-6(8(10)11)2-3-7(5)9;/h2-4H,1H3,(H2,10,11);1H. The van der Waals surface area contributed by atoms with Gasteiger partial charge in [-0.25, -0.2) is 0 Å². The SMILES string of the molecule is Cc1cc(C(N)=O)ccc1Br.Cl.